The molecule has 0 aliphatic rings. The molecular formula is C6H7F6N3OP2. The fourth-order valence-electron chi connectivity index (χ4n) is 0.943. The molecule has 2 aromatic rings. The smallest absolute Gasteiger partial charge is 0.186 e. The number of halogens is 6. The average Bonchev–Trinajstić information content (AvgIpc) is 2.55. The molecule has 1 aromatic carbocycles. The van der Waals surface area contributed by atoms with E-state index in [1.54, 1.807) is 0 Å². The van der Waals surface area contributed by atoms with Gasteiger partial charge in [-0.1, -0.05) is 12.1 Å². The summed E-state index contributed by atoms with van der Waals surface area (Å²) < 4.78 is 64.1. The molecule has 0 radical (unpaired) electrons. The predicted octanol–water partition coefficient (Wildman–Crippen LogP) is 3.76. The summed E-state index contributed by atoms with van der Waals surface area (Å²) in [5.41, 5.74) is 1.74. The summed E-state index contributed by atoms with van der Waals surface area (Å²) in [6.45, 7) is 0. The van der Waals surface area contributed by atoms with Gasteiger partial charge in [-0.05, 0) is 22.2 Å². The number of hydrogen-bond donors (Lipinski definition) is 0. The van der Waals surface area contributed by atoms with Crippen molar-refractivity contribution < 1.29 is 29.8 Å². The van der Waals surface area contributed by atoms with Gasteiger partial charge >= 0.3 is 33.0 Å². The molecule has 0 bridgehead atoms. The third-order valence-corrected chi connectivity index (χ3v) is 1.69. The number of rotatable bonds is 1. The Morgan fingerprint density at radius 2 is 1.56 bits per heavy atom. The van der Waals surface area contributed by atoms with Crippen molar-refractivity contribution in [2.24, 2.45) is 0 Å². The van der Waals surface area contributed by atoms with Crippen molar-refractivity contribution in [3.63, 3.8) is 0 Å². The largest absolute Gasteiger partial charge is 0.252 e. The van der Waals surface area contributed by atoms with E-state index in [9.17, 15) is 25.2 Å². The van der Waals surface area contributed by atoms with Gasteiger partial charge in [0.15, 0.2) is 9.47 Å². The Bertz CT molecular complexity index is 541. The van der Waals surface area contributed by atoms with Gasteiger partial charge in [0, 0.05) is 0 Å². The molecule has 1 atom stereocenters. The first-order valence-corrected chi connectivity index (χ1v) is 6.77. The van der Waals surface area contributed by atoms with Crippen molar-refractivity contribution in [1.82, 2.24) is 15.2 Å². The fraction of sp³-hybridized carbons (Fsp3) is 0. The van der Waals surface area contributed by atoms with Gasteiger partial charge in [-0.25, -0.2) is 0 Å². The zero-order valence-electron chi connectivity index (χ0n) is 8.48. The van der Waals surface area contributed by atoms with Gasteiger partial charge in [0.2, 0.25) is 0 Å². The first kappa shape index (κ1) is 14.9. The molecule has 1 aromatic heterocycles. The fourth-order valence-corrected chi connectivity index (χ4v) is 1.13. The molecule has 0 saturated carbocycles. The van der Waals surface area contributed by atoms with Crippen LogP contribution in [-0.2, 0) is 0 Å². The summed E-state index contributed by atoms with van der Waals surface area (Å²) in [5.74, 6) is 0. The molecule has 0 aliphatic heterocycles. The predicted molar refractivity (Wildman–Crippen MR) is 58.8 cm³/mol. The van der Waals surface area contributed by atoms with Crippen molar-refractivity contribution in [2.75, 3.05) is 0 Å². The summed E-state index contributed by atoms with van der Waals surface area (Å²) in [7, 11) is -9.29. The van der Waals surface area contributed by atoms with Crippen LogP contribution in [0.2, 0.25) is 0 Å². The van der Waals surface area contributed by atoms with Crippen molar-refractivity contribution in [1.29, 1.82) is 0 Å². The Balaban J connectivity index is 0.000000203. The van der Waals surface area contributed by atoms with E-state index < -0.39 is 7.81 Å². The summed E-state index contributed by atoms with van der Waals surface area (Å²) in [5, 5.41) is 7.65. The molecule has 18 heavy (non-hydrogen) atoms. The van der Waals surface area contributed by atoms with E-state index in [0.717, 1.165) is 11.0 Å². The Kier molecular flexibility index (Phi) is 3.26. The monoisotopic (exact) mass is 313 g/mol. The Labute approximate surface area is 98.4 Å². The Morgan fingerprint density at radius 1 is 1.06 bits per heavy atom. The number of nitrogens with zero attached hydrogens (tertiary/aromatic N) is 3. The number of fused-ring (bicyclic) bond motifs is 1. The van der Waals surface area contributed by atoms with E-state index in [0.29, 0.717) is 0 Å². The minimum Gasteiger partial charge on any atom is -0.252 e. The standard InChI is InChI=1S/C6H7N3OP.F6P/c11-10-9-6-4-2-1-3-5(6)7-8-9;1-7(2,3,4,5)6/h1-4H,11H3;/q+1;-1. The second-order valence-corrected chi connectivity index (χ2v) is 5.21. The molecule has 0 N–H and O–H groups in total. The van der Waals surface area contributed by atoms with E-state index in [-0.39, 0.29) is 0 Å². The van der Waals surface area contributed by atoms with E-state index in [4.69, 9.17) is 4.62 Å². The van der Waals surface area contributed by atoms with Crippen molar-refractivity contribution in [3.8, 4) is 0 Å². The van der Waals surface area contributed by atoms with Crippen LogP contribution in [0.5, 0.6) is 0 Å². The van der Waals surface area contributed by atoms with Crippen LogP contribution in [0.1, 0.15) is 0 Å². The van der Waals surface area contributed by atoms with Gasteiger partial charge in [0.1, 0.15) is 11.0 Å². The van der Waals surface area contributed by atoms with E-state index in [1.807, 2.05) is 24.3 Å². The summed E-state index contributed by atoms with van der Waals surface area (Å²) in [6, 6.07) is 7.63. The molecule has 0 amide bonds. The molecule has 2 rings (SSSR count). The summed E-state index contributed by atoms with van der Waals surface area (Å²) >= 11 is 0. The van der Waals surface area contributed by atoms with Gasteiger partial charge in [-0.2, -0.15) is 0 Å². The maximum Gasteiger partial charge on any atom is 0.186 e. The quantitative estimate of drug-likeness (QED) is 0.594. The van der Waals surface area contributed by atoms with Gasteiger partial charge in [0.25, 0.3) is 0 Å². The van der Waals surface area contributed by atoms with Gasteiger partial charge in [-0.15, -0.1) is 5.10 Å². The molecule has 0 aliphatic carbocycles. The summed E-state index contributed by atoms with van der Waals surface area (Å²) in [4.78, 5) is 1.40. The molecular weight excluding hydrogens is 306 g/mol. The average molecular weight is 313 g/mol. The molecule has 12 heteroatoms. The Hall–Kier alpha value is -1.14. The minimum absolute atomic E-state index is 0.846. The van der Waals surface area contributed by atoms with Crippen LogP contribution in [0, 0.1) is 0 Å². The van der Waals surface area contributed by atoms with Crippen LogP contribution in [0.25, 0.3) is 11.0 Å². The topological polar surface area (TPSA) is 39.9 Å². The first-order chi connectivity index (χ1) is 7.86. The number of benzene rings is 1. The van der Waals surface area contributed by atoms with E-state index in [2.05, 4.69) is 10.3 Å². The molecule has 0 spiro atoms. The van der Waals surface area contributed by atoms with Gasteiger partial charge < -0.3 is 0 Å². The maximum absolute atomic E-state index is 10.7. The zero-order chi connectivity index (χ0) is 14.1. The van der Waals surface area contributed by atoms with Crippen molar-refractivity contribution >= 4 is 28.3 Å². The van der Waals surface area contributed by atoms with Crippen LogP contribution < -0.4 is 4.62 Å². The van der Waals surface area contributed by atoms with Crippen LogP contribution in [-0.4, -0.2) is 15.2 Å². The van der Waals surface area contributed by atoms with Crippen LogP contribution in [0.15, 0.2) is 24.3 Å². The normalized spacial score (nSPS) is 15.4. The van der Waals surface area contributed by atoms with Crippen LogP contribution in [0.4, 0.5) is 25.2 Å². The molecule has 104 valence electrons. The molecule has 0 saturated heterocycles. The molecule has 0 fully saturated rings. The van der Waals surface area contributed by atoms with Crippen molar-refractivity contribution in [2.45, 2.75) is 0 Å². The van der Waals surface area contributed by atoms with E-state index >= 15 is 0 Å². The van der Waals surface area contributed by atoms with Crippen molar-refractivity contribution in [3.05, 3.63) is 24.3 Å². The zero-order valence-corrected chi connectivity index (χ0v) is 10.8. The van der Waals surface area contributed by atoms with E-state index in [1.165, 1.54) is 14.3 Å². The van der Waals surface area contributed by atoms with Crippen LogP contribution >= 0.6 is 17.3 Å². The third kappa shape index (κ3) is 6.56. The molecule has 1 unspecified atom stereocenters. The minimum atomic E-state index is -10.7. The van der Waals surface area contributed by atoms with Gasteiger partial charge in [0.05, 0.1) is 0 Å². The molecule has 1 heterocycles. The second-order valence-electron chi connectivity index (χ2n) is 3.04. The number of hydrogen-bond acceptors (Lipinski definition) is 3. The maximum atomic E-state index is 9.87. The van der Waals surface area contributed by atoms with Crippen LogP contribution in [0.3, 0.4) is 0 Å². The first-order valence-electron chi connectivity index (χ1n) is 4.16. The number of para-hydroxylation sites is 1. The third-order valence-electron chi connectivity index (χ3n) is 1.44. The second kappa shape index (κ2) is 3.93. The Morgan fingerprint density at radius 3 is 2.06 bits per heavy atom. The summed E-state index contributed by atoms with van der Waals surface area (Å²) in [6.07, 6.45) is 0. The van der Waals surface area contributed by atoms with Gasteiger partial charge in [-0.3, -0.25) is 4.62 Å². The molecule has 4 nitrogen and oxygen atoms in total. The number of aromatic nitrogens is 3. The SMILES string of the molecule is F[P-](F)(F)(F)(F)F.[PH3+]On1nnc2ccccc21.